The van der Waals surface area contributed by atoms with Crippen LogP contribution in [-0.4, -0.2) is 55.4 Å². The van der Waals surface area contributed by atoms with Crippen molar-refractivity contribution in [1.29, 1.82) is 0 Å². The molecule has 1 aromatic carbocycles. The fraction of sp³-hybridized carbons (Fsp3) is 0.545. The Bertz CT molecular complexity index is 676. The summed E-state index contributed by atoms with van der Waals surface area (Å²) in [5.41, 5.74) is 2.02. The first kappa shape index (κ1) is 21.0. The highest BCUT2D eigenvalue weighted by atomic mass is 16.5. The molecule has 0 bridgehead atoms. The molecule has 0 saturated carbocycles. The minimum Gasteiger partial charge on any atom is -0.496 e. The summed E-state index contributed by atoms with van der Waals surface area (Å²) in [7, 11) is 3.51. The van der Waals surface area contributed by atoms with Gasteiger partial charge in [-0.1, -0.05) is 25.0 Å². The van der Waals surface area contributed by atoms with E-state index < -0.39 is 0 Å². The van der Waals surface area contributed by atoms with E-state index in [1.54, 1.807) is 13.2 Å². The zero-order chi connectivity index (χ0) is 19.8. The van der Waals surface area contributed by atoms with Gasteiger partial charge in [-0.2, -0.15) is 0 Å². The second-order valence-corrected chi connectivity index (χ2v) is 7.29. The molecule has 2 rings (SSSR count). The highest BCUT2D eigenvalue weighted by molar-refractivity contribution is 5.92. The van der Waals surface area contributed by atoms with Gasteiger partial charge in [0.25, 0.3) is 0 Å². The highest BCUT2D eigenvalue weighted by Gasteiger charge is 2.28. The Morgan fingerprint density at radius 1 is 1.30 bits per heavy atom. The van der Waals surface area contributed by atoms with Crippen LogP contribution in [0.15, 0.2) is 24.3 Å². The lowest BCUT2D eigenvalue weighted by atomic mass is 9.95. The monoisotopic (exact) mass is 372 g/mol. The molecule has 148 valence electrons. The van der Waals surface area contributed by atoms with Crippen LogP contribution in [-0.2, 0) is 9.59 Å². The molecule has 1 fully saturated rings. The smallest absolute Gasteiger partial charge is 0.246 e. The van der Waals surface area contributed by atoms with Crippen molar-refractivity contribution in [1.82, 2.24) is 9.80 Å². The summed E-state index contributed by atoms with van der Waals surface area (Å²) in [4.78, 5) is 28.7. The molecule has 0 aliphatic carbocycles. The number of amides is 2. The summed E-state index contributed by atoms with van der Waals surface area (Å²) in [5, 5.41) is 0. The number of ether oxygens (including phenoxy) is 1. The normalized spacial score (nSPS) is 15.2. The van der Waals surface area contributed by atoms with Gasteiger partial charge in [0.1, 0.15) is 5.75 Å². The van der Waals surface area contributed by atoms with Crippen LogP contribution in [0.25, 0.3) is 6.08 Å². The van der Waals surface area contributed by atoms with E-state index >= 15 is 0 Å². The van der Waals surface area contributed by atoms with Gasteiger partial charge in [-0.25, -0.2) is 0 Å². The SMILES string of the molecule is CCCCN(C)C(=O)C1CCN(C(=O)/C=C/c2cc(C)ccc2OC)CC1. The molecule has 1 aromatic rings. The average molecular weight is 373 g/mol. The van der Waals surface area contributed by atoms with Crippen LogP contribution in [0.5, 0.6) is 5.75 Å². The third-order valence-corrected chi connectivity index (χ3v) is 5.17. The molecule has 0 spiro atoms. The lowest BCUT2D eigenvalue weighted by molar-refractivity contribution is -0.138. The van der Waals surface area contributed by atoms with Crippen LogP contribution in [0.1, 0.15) is 43.7 Å². The number of piperidine rings is 1. The van der Waals surface area contributed by atoms with E-state index in [4.69, 9.17) is 4.74 Å². The molecule has 1 heterocycles. The molecule has 1 saturated heterocycles. The molecule has 5 heteroatoms. The lowest BCUT2D eigenvalue weighted by Crippen LogP contribution is -2.43. The molecule has 0 N–H and O–H groups in total. The van der Waals surface area contributed by atoms with Gasteiger partial charge in [-0.3, -0.25) is 9.59 Å². The molecular weight excluding hydrogens is 340 g/mol. The van der Waals surface area contributed by atoms with Crippen LogP contribution in [0.2, 0.25) is 0 Å². The third-order valence-electron chi connectivity index (χ3n) is 5.17. The Kier molecular flexibility index (Phi) is 7.89. The highest BCUT2D eigenvalue weighted by Crippen LogP contribution is 2.22. The maximum atomic E-state index is 12.5. The first-order valence-corrected chi connectivity index (χ1v) is 9.82. The number of benzene rings is 1. The number of aryl methyl sites for hydroxylation is 1. The van der Waals surface area contributed by atoms with Gasteiger partial charge in [0.2, 0.25) is 11.8 Å². The average Bonchev–Trinajstić information content (AvgIpc) is 2.69. The number of carbonyl (C=O) groups is 2. The Hall–Kier alpha value is -2.30. The first-order valence-electron chi connectivity index (χ1n) is 9.82. The van der Waals surface area contributed by atoms with E-state index in [0.717, 1.165) is 49.1 Å². The molecular formula is C22H32N2O3. The molecule has 1 aliphatic rings. The van der Waals surface area contributed by atoms with Crippen molar-refractivity contribution >= 4 is 17.9 Å². The van der Waals surface area contributed by atoms with Gasteiger partial charge in [-0.15, -0.1) is 0 Å². The van der Waals surface area contributed by atoms with Gasteiger partial charge in [-0.05, 0) is 44.4 Å². The summed E-state index contributed by atoms with van der Waals surface area (Å²) < 4.78 is 5.35. The number of rotatable bonds is 7. The number of unbranched alkanes of at least 4 members (excludes halogenated alkanes) is 1. The molecule has 5 nitrogen and oxygen atoms in total. The number of nitrogens with zero attached hydrogens (tertiary/aromatic N) is 2. The van der Waals surface area contributed by atoms with Gasteiger partial charge in [0, 0.05) is 44.2 Å². The van der Waals surface area contributed by atoms with E-state index in [1.807, 2.05) is 48.0 Å². The lowest BCUT2D eigenvalue weighted by Gasteiger charge is -2.32. The molecule has 0 radical (unpaired) electrons. The Labute approximate surface area is 163 Å². The van der Waals surface area contributed by atoms with E-state index in [0.29, 0.717) is 13.1 Å². The number of methoxy groups -OCH3 is 1. The fourth-order valence-electron chi connectivity index (χ4n) is 3.41. The fourth-order valence-corrected chi connectivity index (χ4v) is 3.41. The predicted octanol–water partition coefficient (Wildman–Crippen LogP) is 3.51. The topological polar surface area (TPSA) is 49.9 Å². The molecule has 0 atom stereocenters. The number of hydrogen-bond donors (Lipinski definition) is 0. The van der Waals surface area contributed by atoms with Crippen LogP contribution in [0, 0.1) is 12.8 Å². The second kappa shape index (κ2) is 10.1. The van der Waals surface area contributed by atoms with Crippen molar-refractivity contribution in [3.05, 3.63) is 35.4 Å². The van der Waals surface area contributed by atoms with Crippen LogP contribution in [0.4, 0.5) is 0 Å². The van der Waals surface area contributed by atoms with E-state index in [2.05, 4.69) is 6.92 Å². The standard InChI is InChI=1S/C22H32N2O3/c1-5-6-13-23(3)22(26)18-11-14-24(15-12-18)21(25)10-8-19-16-17(2)7-9-20(19)27-4/h7-10,16,18H,5-6,11-15H2,1-4H3/b10-8+. The Balaban J connectivity index is 1.90. The quantitative estimate of drug-likeness (QED) is 0.688. The largest absolute Gasteiger partial charge is 0.496 e. The summed E-state index contributed by atoms with van der Waals surface area (Å²) in [6.45, 7) is 6.22. The molecule has 27 heavy (non-hydrogen) atoms. The Morgan fingerprint density at radius 3 is 2.63 bits per heavy atom. The number of hydrogen-bond acceptors (Lipinski definition) is 3. The van der Waals surface area contributed by atoms with Crippen molar-refractivity contribution in [3.63, 3.8) is 0 Å². The zero-order valence-electron chi connectivity index (χ0n) is 17.0. The van der Waals surface area contributed by atoms with E-state index in [1.165, 1.54) is 0 Å². The van der Waals surface area contributed by atoms with Crippen molar-refractivity contribution in [2.45, 2.75) is 39.5 Å². The summed E-state index contributed by atoms with van der Waals surface area (Å²) in [6.07, 6.45) is 7.01. The number of carbonyl (C=O) groups excluding carboxylic acids is 2. The maximum Gasteiger partial charge on any atom is 0.246 e. The van der Waals surface area contributed by atoms with Crippen LogP contribution >= 0.6 is 0 Å². The van der Waals surface area contributed by atoms with Crippen molar-refractivity contribution in [3.8, 4) is 5.75 Å². The molecule has 2 amide bonds. The minimum absolute atomic E-state index is 0.0104. The third kappa shape index (κ3) is 5.84. The molecule has 0 aromatic heterocycles. The zero-order valence-corrected chi connectivity index (χ0v) is 17.0. The Morgan fingerprint density at radius 2 is 2.00 bits per heavy atom. The van der Waals surface area contributed by atoms with E-state index in [-0.39, 0.29) is 17.7 Å². The van der Waals surface area contributed by atoms with E-state index in [9.17, 15) is 9.59 Å². The first-order chi connectivity index (χ1) is 13.0. The summed E-state index contributed by atoms with van der Waals surface area (Å²) >= 11 is 0. The summed E-state index contributed by atoms with van der Waals surface area (Å²) in [6, 6.07) is 5.89. The van der Waals surface area contributed by atoms with Gasteiger partial charge >= 0.3 is 0 Å². The minimum atomic E-state index is -0.0104. The van der Waals surface area contributed by atoms with Crippen molar-refractivity contribution < 1.29 is 14.3 Å². The maximum absolute atomic E-state index is 12.5. The van der Waals surface area contributed by atoms with Crippen LogP contribution in [0.3, 0.4) is 0 Å². The van der Waals surface area contributed by atoms with Gasteiger partial charge in [0.05, 0.1) is 7.11 Å². The van der Waals surface area contributed by atoms with Crippen molar-refractivity contribution in [2.24, 2.45) is 5.92 Å². The van der Waals surface area contributed by atoms with Gasteiger partial charge in [0.15, 0.2) is 0 Å². The van der Waals surface area contributed by atoms with Gasteiger partial charge < -0.3 is 14.5 Å². The second-order valence-electron chi connectivity index (χ2n) is 7.29. The predicted molar refractivity (Wildman–Crippen MR) is 109 cm³/mol. The van der Waals surface area contributed by atoms with Crippen molar-refractivity contribution in [2.75, 3.05) is 33.8 Å². The number of likely N-dealkylation sites (tertiary alicyclic amines) is 1. The molecule has 1 aliphatic heterocycles. The molecule has 0 unspecified atom stereocenters. The van der Waals surface area contributed by atoms with Crippen LogP contribution < -0.4 is 4.74 Å². The summed E-state index contributed by atoms with van der Waals surface area (Å²) in [5.74, 6) is 1.00.